The summed E-state index contributed by atoms with van der Waals surface area (Å²) in [4.78, 5) is 24.2. The van der Waals surface area contributed by atoms with E-state index in [1.54, 1.807) is 38.1 Å². The number of hydrogen-bond acceptors (Lipinski definition) is 5. The molecular formula is C20H17BrO5. The standard InChI is InChI=1S/C20H17BrO5/c1-3-24-20(23)12(2)25-15-7-8-16-17(11-15)26-18(19(16)22)10-13-5-4-6-14(21)9-13/h4-12H,3H2,1-2H3/b18-10-/t12-/m0/s1. The second-order valence-corrected chi connectivity index (χ2v) is 6.58. The summed E-state index contributed by atoms with van der Waals surface area (Å²) in [6, 6.07) is 12.4. The second-order valence-electron chi connectivity index (χ2n) is 5.66. The summed E-state index contributed by atoms with van der Waals surface area (Å²) in [5.41, 5.74) is 1.31. The van der Waals surface area contributed by atoms with Crippen LogP contribution in [0.2, 0.25) is 0 Å². The van der Waals surface area contributed by atoms with Crippen molar-refractivity contribution >= 4 is 33.8 Å². The number of Topliss-reactive ketones (excluding diaryl/α,β-unsaturated/α-hetero) is 1. The summed E-state index contributed by atoms with van der Waals surface area (Å²) in [5, 5.41) is 0. The van der Waals surface area contributed by atoms with Gasteiger partial charge in [0, 0.05) is 10.5 Å². The van der Waals surface area contributed by atoms with Crippen LogP contribution in [0.4, 0.5) is 0 Å². The van der Waals surface area contributed by atoms with E-state index in [0.717, 1.165) is 10.0 Å². The van der Waals surface area contributed by atoms with Gasteiger partial charge in [-0.3, -0.25) is 4.79 Å². The van der Waals surface area contributed by atoms with Gasteiger partial charge in [-0.2, -0.15) is 0 Å². The van der Waals surface area contributed by atoms with Crippen molar-refractivity contribution < 1.29 is 23.8 Å². The number of halogens is 1. The molecule has 0 spiro atoms. The molecule has 0 saturated heterocycles. The van der Waals surface area contributed by atoms with Crippen molar-refractivity contribution in [3.05, 3.63) is 63.8 Å². The van der Waals surface area contributed by atoms with Gasteiger partial charge >= 0.3 is 5.97 Å². The van der Waals surface area contributed by atoms with Crippen molar-refractivity contribution in [1.82, 2.24) is 0 Å². The summed E-state index contributed by atoms with van der Waals surface area (Å²) >= 11 is 3.40. The van der Waals surface area contributed by atoms with Crippen molar-refractivity contribution in [2.45, 2.75) is 20.0 Å². The Kier molecular flexibility index (Phi) is 5.42. The van der Waals surface area contributed by atoms with Crippen LogP contribution >= 0.6 is 15.9 Å². The van der Waals surface area contributed by atoms with E-state index in [0.29, 0.717) is 17.1 Å². The van der Waals surface area contributed by atoms with Crippen LogP contribution in [-0.2, 0) is 9.53 Å². The predicted octanol–water partition coefficient (Wildman–Crippen LogP) is 4.40. The van der Waals surface area contributed by atoms with Gasteiger partial charge in [-0.05, 0) is 49.8 Å². The van der Waals surface area contributed by atoms with Gasteiger partial charge in [-0.25, -0.2) is 4.79 Å². The molecule has 0 amide bonds. The molecule has 0 aromatic heterocycles. The predicted molar refractivity (Wildman–Crippen MR) is 100 cm³/mol. The first-order valence-corrected chi connectivity index (χ1v) is 8.94. The summed E-state index contributed by atoms with van der Waals surface area (Å²) in [5.74, 6) is 0.449. The Hall–Kier alpha value is -2.60. The molecule has 3 rings (SSSR count). The average Bonchev–Trinajstić information content (AvgIpc) is 2.90. The van der Waals surface area contributed by atoms with Crippen LogP contribution in [0.25, 0.3) is 6.08 Å². The molecule has 0 radical (unpaired) electrons. The molecule has 1 atom stereocenters. The van der Waals surface area contributed by atoms with E-state index in [-0.39, 0.29) is 18.1 Å². The quantitative estimate of drug-likeness (QED) is 0.533. The molecule has 0 fully saturated rings. The molecule has 0 aliphatic carbocycles. The number of allylic oxidation sites excluding steroid dienone is 1. The second kappa shape index (κ2) is 7.74. The monoisotopic (exact) mass is 416 g/mol. The zero-order valence-corrected chi connectivity index (χ0v) is 15.9. The fourth-order valence-electron chi connectivity index (χ4n) is 2.50. The van der Waals surface area contributed by atoms with Gasteiger partial charge in [0.2, 0.25) is 5.78 Å². The number of fused-ring (bicyclic) bond motifs is 1. The Balaban J connectivity index is 1.79. The zero-order chi connectivity index (χ0) is 18.7. The normalized spacial score (nSPS) is 15.3. The lowest BCUT2D eigenvalue weighted by Gasteiger charge is -2.13. The number of benzene rings is 2. The van der Waals surface area contributed by atoms with Gasteiger partial charge < -0.3 is 14.2 Å². The number of ketones is 1. The highest BCUT2D eigenvalue weighted by Gasteiger charge is 2.28. The maximum absolute atomic E-state index is 12.5. The van der Waals surface area contributed by atoms with Crippen LogP contribution < -0.4 is 9.47 Å². The first-order valence-electron chi connectivity index (χ1n) is 8.15. The van der Waals surface area contributed by atoms with E-state index < -0.39 is 12.1 Å². The SMILES string of the molecule is CCOC(=O)[C@H](C)Oc1ccc2c(c1)O/C(=C\c1cccc(Br)c1)C2=O. The highest BCUT2D eigenvalue weighted by Crippen LogP contribution is 2.35. The topological polar surface area (TPSA) is 61.8 Å². The average molecular weight is 417 g/mol. The first-order chi connectivity index (χ1) is 12.5. The van der Waals surface area contributed by atoms with E-state index >= 15 is 0 Å². The molecule has 2 aromatic rings. The van der Waals surface area contributed by atoms with Crippen molar-refractivity contribution in [2.75, 3.05) is 6.61 Å². The van der Waals surface area contributed by atoms with Gasteiger partial charge in [0.05, 0.1) is 12.2 Å². The third kappa shape index (κ3) is 3.96. The Labute approximate surface area is 159 Å². The number of ether oxygens (including phenoxy) is 3. The largest absolute Gasteiger partial charge is 0.479 e. The molecule has 0 bridgehead atoms. The third-order valence-corrected chi connectivity index (χ3v) is 4.21. The van der Waals surface area contributed by atoms with Gasteiger partial charge in [0.15, 0.2) is 11.9 Å². The highest BCUT2D eigenvalue weighted by atomic mass is 79.9. The van der Waals surface area contributed by atoms with Crippen LogP contribution in [0.5, 0.6) is 11.5 Å². The Morgan fingerprint density at radius 1 is 1.27 bits per heavy atom. The Bertz CT molecular complexity index is 888. The van der Waals surface area contributed by atoms with Gasteiger partial charge in [0.25, 0.3) is 0 Å². The summed E-state index contributed by atoms with van der Waals surface area (Å²) < 4.78 is 17.1. The first kappa shape index (κ1) is 18.2. The fraction of sp³-hybridized carbons (Fsp3) is 0.200. The number of rotatable bonds is 5. The molecule has 1 aliphatic heterocycles. The lowest BCUT2D eigenvalue weighted by atomic mass is 10.1. The summed E-state index contributed by atoms with van der Waals surface area (Å²) in [7, 11) is 0. The molecule has 1 heterocycles. The zero-order valence-electron chi connectivity index (χ0n) is 14.3. The van der Waals surface area contributed by atoms with Gasteiger partial charge in [-0.15, -0.1) is 0 Å². The lowest BCUT2D eigenvalue weighted by Crippen LogP contribution is -2.26. The van der Waals surface area contributed by atoms with Crippen LogP contribution in [0, 0.1) is 0 Å². The highest BCUT2D eigenvalue weighted by molar-refractivity contribution is 9.10. The van der Waals surface area contributed by atoms with E-state index in [1.807, 2.05) is 24.3 Å². The molecule has 1 aliphatic rings. The number of hydrogen-bond donors (Lipinski definition) is 0. The number of esters is 1. The molecule has 0 N–H and O–H groups in total. The number of carbonyl (C=O) groups excluding carboxylic acids is 2. The number of carbonyl (C=O) groups is 2. The van der Waals surface area contributed by atoms with Crippen LogP contribution in [-0.4, -0.2) is 24.5 Å². The van der Waals surface area contributed by atoms with Crippen molar-refractivity contribution in [3.63, 3.8) is 0 Å². The van der Waals surface area contributed by atoms with Crippen LogP contribution in [0.1, 0.15) is 29.8 Å². The lowest BCUT2D eigenvalue weighted by molar-refractivity contribution is -0.150. The van der Waals surface area contributed by atoms with Crippen molar-refractivity contribution in [2.24, 2.45) is 0 Å². The molecule has 2 aromatic carbocycles. The molecule has 0 unspecified atom stereocenters. The molecule has 6 heteroatoms. The van der Waals surface area contributed by atoms with Crippen molar-refractivity contribution in [3.8, 4) is 11.5 Å². The van der Waals surface area contributed by atoms with Crippen molar-refractivity contribution in [1.29, 1.82) is 0 Å². The summed E-state index contributed by atoms with van der Waals surface area (Å²) in [6.07, 6.45) is 0.941. The molecule has 134 valence electrons. The van der Waals surface area contributed by atoms with Gasteiger partial charge in [0.1, 0.15) is 11.5 Å². The summed E-state index contributed by atoms with van der Waals surface area (Å²) in [6.45, 7) is 3.63. The van der Waals surface area contributed by atoms with Crippen LogP contribution in [0.15, 0.2) is 52.7 Å². The molecular weight excluding hydrogens is 400 g/mol. The van der Waals surface area contributed by atoms with E-state index in [9.17, 15) is 9.59 Å². The van der Waals surface area contributed by atoms with E-state index in [1.165, 1.54) is 0 Å². The minimum absolute atomic E-state index is 0.190. The maximum Gasteiger partial charge on any atom is 0.347 e. The van der Waals surface area contributed by atoms with E-state index in [4.69, 9.17) is 14.2 Å². The minimum atomic E-state index is -0.748. The maximum atomic E-state index is 12.5. The van der Waals surface area contributed by atoms with Crippen LogP contribution in [0.3, 0.4) is 0 Å². The molecule has 0 saturated carbocycles. The minimum Gasteiger partial charge on any atom is -0.479 e. The van der Waals surface area contributed by atoms with Gasteiger partial charge in [-0.1, -0.05) is 28.1 Å². The smallest absolute Gasteiger partial charge is 0.347 e. The van der Waals surface area contributed by atoms with E-state index in [2.05, 4.69) is 15.9 Å². The molecule has 5 nitrogen and oxygen atoms in total. The Morgan fingerprint density at radius 2 is 2.08 bits per heavy atom. The Morgan fingerprint density at radius 3 is 2.81 bits per heavy atom. The third-order valence-electron chi connectivity index (χ3n) is 3.72. The molecule has 26 heavy (non-hydrogen) atoms. The fourth-order valence-corrected chi connectivity index (χ4v) is 2.92.